The summed E-state index contributed by atoms with van der Waals surface area (Å²) < 4.78 is 5.90. The lowest BCUT2D eigenvalue weighted by molar-refractivity contribution is 0.0683. The van der Waals surface area contributed by atoms with E-state index in [4.69, 9.17) is 4.74 Å². The summed E-state index contributed by atoms with van der Waals surface area (Å²) in [4.78, 5) is 14.0. The van der Waals surface area contributed by atoms with E-state index >= 15 is 0 Å². The Balaban J connectivity index is 2.07. The molecular weight excluding hydrogens is 204 g/mol. The van der Waals surface area contributed by atoms with Crippen LogP contribution >= 0.6 is 0 Å². The van der Waals surface area contributed by atoms with Crippen molar-refractivity contribution < 1.29 is 9.53 Å². The number of hydrogen-bond donors (Lipinski definition) is 1. The first-order valence-electron chi connectivity index (χ1n) is 5.51. The molecule has 1 aromatic rings. The number of amides is 1. The standard InChI is InChI=1S/C12H14N2O2/c1-14-9-6-13-7-11(9)16-10-5-3-2-4-8(10)12(14)15/h2-5,9,11,13H,6-7H2,1H3/t9-,11+/m1/s1. The Labute approximate surface area is 94.2 Å². The number of likely N-dealkylation sites (N-methyl/N-ethyl adjacent to an activating group) is 1. The summed E-state index contributed by atoms with van der Waals surface area (Å²) in [6.45, 7) is 1.61. The minimum Gasteiger partial charge on any atom is -0.486 e. The zero-order chi connectivity index (χ0) is 11.1. The van der Waals surface area contributed by atoms with Gasteiger partial charge < -0.3 is 15.0 Å². The Bertz CT molecular complexity index is 433. The van der Waals surface area contributed by atoms with Crippen LogP contribution in [-0.2, 0) is 0 Å². The van der Waals surface area contributed by atoms with E-state index in [0.29, 0.717) is 11.3 Å². The highest BCUT2D eigenvalue weighted by atomic mass is 16.5. The van der Waals surface area contributed by atoms with Crippen molar-refractivity contribution >= 4 is 5.91 Å². The largest absolute Gasteiger partial charge is 0.486 e. The number of benzene rings is 1. The van der Waals surface area contributed by atoms with Crippen molar-refractivity contribution in [2.24, 2.45) is 0 Å². The first-order chi connectivity index (χ1) is 7.77. The second kappa shape index (κ2) is 3.49. The van der Waals surface area contributed by atoms with Crippen LogP contribution in [0.3, 0.4) is 0 Å². The molecule has 84 valence electrons. The Morgan fingerprint density at radius 1 is 1.38 bits per heavy atom. The van der Waals surface area contributed by atoms with Crippen molar-refractivity contribution in [2.45, 2.75) is 12.1 Å². The molecule has 16 heavy (non-hydrogen) atoms. The molecule has 2 aliphatic rings. The van der Waals surface area contributed by atoms with E-state index in [-0.39, 0.29) is 18.1 Å². The van der Waals surface area contributed by atoms with Gasteiger partial charge in [0.1, 0.15) is 11.9 Å². The number of para-hydroxylation sites is 1. The number of hydrogen-bond acceptors (Lipinski definition) is 3. The molecule has 2 heterocycles. The fourth-order valence-electron chi connectivity index (χ4n) is 2.40. The molecule has 0 unspecified atom stereocenters. The van der Waals surface area contributed by atoms with Crippen LogP contribution in [0.15, 0.2) is 24.3 Å². The number of carbonyl (C=O) groups is 1. The lowest BCUT2D eigenvalue weighted by Crippen LogP contribution is -2.44. The van der Waals surface area contributed by atoms with Gasteiger partial charge in [-0.25, -0.2) is 0 Å². The summed E-state index contributed by atoms with van der Waals surface area (Å²) in [5.41, 5.74) is 0.666. The third-order valence-electron chi connectivity index (χ3n) is 3.34. The molecule has 4 heteroatoms. The van der Waals surface area contributed by atoms with E-state index in [0.717, 1.165) is 13.1 Å². The molecule has 2 atom stereocenters. The molecule has 0 aromatic heterocycles. The molecule has 1 N–H and O–H groups in total. The Kier molecular flexibility index (Phi) is 2.11. The van der Waals surface area contributed by atoms with Gasteiger partial charge in [0.15, 0.2) is 0 Å². The second-order valence-corrected chi connectivity index (χ2v) is 4.29. The third kappa shape index (κ3) is 1.30. The molecule has 3 rings (SSSR count). The predicted molar refractivity (Wildman–Crippen MR) is 59.6 cm³/mol. The van der Waals surface area contributed by atoms with Gasteiger partial charge in [-0.3, -0.25) is 4.79 Å². The Morgan fingerprint density at radius 2 is 2.19 bits per heavy atom. The molecule has 0 aliphatic carbocycles. The summed E-state index contributed by atoms with van der Waals surface area (Å²) in [5, 5.41) is 3.25. The second-order valence-electron chi connectivity index (χ2n) is 4.29. The summed E-state index contributed by atoms with van der Waals surface area (Å²) in [6.07, 6.45) is 0.0672. The summed E-state index contributed by atoms with van der Waals surface area (Å²) in [5.74, 6) is 0.752. The molecule has 1 fully saturated rings. The highest BCUT2D eigenvalue weighted by molar-refractivity contribution is 5.97. The van der Waals surface area contributed by atoms with Crippen molar-refractivity contribution in [1.29, 1.82) is 0 Å². The maximum Gasteiger partial charge on any atom is 0.257 e. The van der Waals surface area contributed by atoms with E-state index in [1.54, 1.807) is 4.90 Å². The van der Waals surface area contributed by atoms with Crippen LogP contribution in [0.2, 0.25) is 0 Å². The molecular formula is C12H14N2O2. The van der Waals surface area contributed by atoms with Crippen molar-refractivity contribution in [3.63, 3.8) is 0 Å². The Morgan fingerprint density at radius 3 is 3.06 bits per heavy atom. The van der Waals surface area contributed by atoms with E-state index in [1.165, 1.54) is 0 Å². The smallest absolute Gasteiger partial charge is 0.257 e. The zero-order valence-corrected chi connectivity index (χ0v) is 9.14. The average molecular weight is 218 g/mol. The van der Waals surface area contributed by atoms with Gasteiger partial charge in [0.25, 0.3) is 5.91 Å². The fraction of sp³-hybridized carbons (Fsp3) is 0.417. The molecule has 0 bridgehead atoms. The first-order valence-corrected chi connectivity index (χ1v) is 5.51. The highest BCUT2D eigenvalue weighted by Crippen LogP contribution is 2.27. The summed E-state index contributed by atoms with van der Waals surface area (Å²) in [7, 11) is 1.85. The molecule has 0 spiro atoms. The van der Waals surface area contributed by atoms with Crippen LogP contribution in [0.1, 0.15) is 10.4 Å². The van der Waals surface area contributed by atoms with Crippen LogP contribution in [0.5, 0.6) is 5.75 Å². The van der Waals surface area contributed by atoms with Crippen molar-refractivity contribution in [2.75, 3.05) is 20.1 Å². The van der Waals surface area contributed by atoms with Crippen LogP contribution in [0.25, 0.3) is 0 Å². The number of carbonyl (C=O) groups excluding carboxylic acids is 1. The highest BCUT2D eigenvalue weighted by Gasteiger charge is 2.38. The maximum absolute atomic E-state index is 12.2. The van der Waals surface area contributed by atoms with E-state index in [2.05, 4.69) is 5.32 Å². The monoisotopic (exact) mass is 218 g/mol. The molecule has 4 nitrogen and oxygen atoms in total. The predicted octanol–water partition coefficient (Wildman–Crippen LogP) is 0.491. The van der Waals surface area contributed by atoms with Gasteiger partial charge in [-0.15, -0.1) is 0 Å². The van der Waals surface area contributed by atoms with Crippen LogP contribution in [0.4, 0.5) is 0 Å². The Hall–Kier alpha value is -1.55. The molecule has 1 saturated heterocycles. The number of rotatable bonds is 0. The quantitative estimate of drug-likeness (QED) is 0.689. The molecule has 1 amide bonds. The van der Waals surface area contributed by atoms with Crippen molar-refractivity contribution in [3.05, 3.63) is 29.8 Å². The summed E-state index contributed by atoms with van der Waals surface area (Å²) >= 11 is 0. The van der Waals surface area contributed by atoms with Gasteiger partial charge >= 0.3 is 0 Å². The fourth-order valence-corrected chi connectivity index (χ4v) is 2.40. The van der Waals surface area contributed by atoms with Gasteiger partial charge in [0, 0.05) is 20.1 Å². The van der Waals surface area contributed by atoms with E-state index in [9.17, 15) is 4.79 Å². The normalized spacial score (nSPS) is 28.1. The molecule has 2 aliphatic heterocycles. The van der Waals surface area contributed by atoms with Crippen molar-refractivity contribution in [3.8, 4) is 5.75 Å². The molecule has 0 saturated carbocycles. The van der Waals surface area contributed by atoms with E-state index in [1.807, 2.05) is 31.3 Å². The number of nitrogens with zero attached hydrogens (tertiary/aromatic N) is 1. The van der Waals surface area contributed by atoms with Gasteiger partial charge in [-0.1, -0.05) is 12.1 Å². The van der Waals surface area contributed by atoms with Gasteiger partial charge in [0.2, 0.25) is 0 Å². The molecule has 0 radical (unpaired) electrons. The van der Waals surface area contributed by atoms with E-state index < -0.39 is 0 Å². The van der Waals surface area contributed by atoms with Crippen LogP contribution in [-0.4, -0.2) is 43.1 Å². The minimum absolute atomic E-state index is 0.0480. The van der Waals surface area contributed by atoms with Gasteiger partial charge in [-0.2, -0.15) is 0 Å². The van der Waals surface area contributed by atoms with Crippen LogP contribution < -0.4 is 10.1 Å². The number of nitrogens with one attached hydrogen (secondary N) is 1. The topological polar surface area (TPSA) is 41.6 Å². The number of fused-ring (bicyclic) bond motifs is 2. The van der Waals surface area contributed by atoms with Crippen LogP contribution in [0, 0.1) is 0 Å². The minimum atomic E-state index is 0.0480. The molecule has 1 aromatic carbocycles. The lowest BCUT2D eigenvalue weighted by Gasteiger charge is -2.24. The van der Waals surface area contributed by atoms with Crippen molar-refractivity contribution in [1.82, 2.24) is 10.2 Å². The first kappa shape index (κ1) is 9.66. The number of ether oxygens (including phenoxy) is 1. The zero-order valence-electron chi connectivity index (χ0n) is 9.14. The lowest BCUT2D eigenvalue weighted by atomic mass is 10.1. The summed E-state index contributed by atoms with van der Waals surface area (Å²) in [6, 6.07) is 7.59. The van der Waals surface area contributed by atoms with Gasteiger partial charge in [-0.05, 0) is 12.1 Å². The van der Waals surface area contributed by atoms with Gasteiger partial charge in [0.05, 0.1) is 11.6 Å². The SMILES string of the molecule is CN1C(=O)c2ccccc2O[C@H]2CNC[C@H]21. The third-order valence-corrected chi connectivity index (χ3v) is 3.34. The average Bonchev–Trinajstić information content (AvgIpc) is 2.72. The maximum atomic E-state index is 12.2.